The van der Waals surface area contributed by atoms with E-state index in [0.717, 1.165) is 18.0 Å². The van der Waals surface area contributed by atoms with Gasteiger partial charge in [0.1, 0.15) is 0 Å². The highest BCUT2D eigenvalue weighted by atomic mass is 15.2. The minimum atomic E-state index is 0.565. The predicted molar refractivity (Wildman–Crippen MR) is 93.0 cm³/mol. The maximum Gasteiger partial charge on any atom is 0.0136 e. The van der Waals surface area contributed by atoms with E-state index in [1.54, 1.807) is 0 Å². The van der Waals surface area contributed by atoms with Crippen LogP contribution in [0.3, 0.4) is 0 Å². The average molecular weight is 305 g/mol. The number of rotatable bonds is 2. The molecule has 126 valence electrons. The van der Waals surface area contributed by atoms with Crippen LogP contribution in [0.15, 0.2) is 0 Å². The first-order valence-corrected chi connectivity index (χ1v) is 9.92. The molecule has 0 unspecified atom stereocenters. The highest BCUT2D eigenvalue weighted by Crippen LogP contribution is 2.52. The lowest BCUT2D eigenvalue weighted by molar-refractivity contribution is 0.0357. The lowest BCUT2D eigenvalue weighted by Gasteiger charge is -2.46. The zero-order chi connectivity index (χ0) is 15.4. The Morgan fingerprint density at radius 1 is 0.955 bits per heavy atom. The molecular formula is C20H36N2. The molecule has 0 aromatic heterocycles. The third-order valence-electron chi connectivity index (χ3n) is 7.22. The Morgan fingerprint density at radius 3 is 2.64 bits per heavy atom. The van der Waals surface area contributed by atoms with Crippen LogP contribution >= 0.6 is 0 Å². The van der Waals surface area contributed by atoms with Crippen LogP contribution in [-0.4, -0.2) is 48.1 Å². The topological polar surface area (TPSA) is 6.48 Å². The molecule has 2 heteroatoms. The second-order valence-electron chi connectivity index (χ2n) is 10.1. The number of likely N-dealkylation sites (tertiary alicyclic amines) is 1. The van der Waals surface area contributed by atoms with Crippen LogP contribution in [0.1, 0.15) is 72.1 Å². The average Bonchev–Trinajstić information content (AvgIpc) is 2.68. The van der Waals surface area contributed by atoms with Gasteiger partial charge in [0.15, 0.2) is 0 Å². The molecular weight excluding hydrogens is 268 g/mol. The first kappa shape index (κ1) is 15.4. The van der Waals surface area contributed by atoms with Crippen molar-refractivity contribution < 1.29 is 0 Å². The summed E-state index contributed by atoms with van der Waals surface area (Å²) in [5, 5.41) is 0. The van der Waals surface area contributed by atoms with Crippen molar-refractivity contribution in [3.8, 4) is 0 Å². The zero-order valence-electron chi connectivity index (χ0n) is 15.1. The van der Waals surface area contributed by atoms with E-state index in [1.165, 1.54) is 77.5 Å². The molecule has 1 aliphatic carbocycles. The monoisotopic (exact) mass is 304 g/mol. The zero-order valence-corrected chi connectivity index (χ0v) is 15.1. The van der Waals surface area contributed by atoms with Crippen LogP contribution in [0, 0.1) is 16.7 Å². The van der Waals surface area contributed by atoms with Gasteiger partial charge in [-0.15, -0.1) is 0 Å². The molecule has 2 bridgehead atoms. The van der Waals surface area contributed by atoms with Crippen LogP contribution in [0.25, 0.3) is 0 Å². The Balaban J connectivity index is 1.45. The van der Waals surface area contributed by atoms with Crippen molar-refractivity contribution in [2.75, 3.05) is 26.2 Å². The van der Waals surface area contributed by atoms with Gasteiger partial charge in [0.05, 0.1) is 0 Å². The Bertz CT molecular complexity index is 416. The van der Waals surface area contributed by atoms with E-state index in [2.05, 4.69) is 30.6 Å². The minimum absolute atomic E-state index is 0.565. The molecule has 0 radical (unpaired) electrons. The van der Waals surface area contributed by atoms with Crippen molar-refractivity contribution in [3.05, 3.63) is 0 Å². The molecule has 0 aromatic rings. The summed E-state index contributed by atoms with van der Waals surface area (Å²) in [6.45, 7) is 13.1. The molecule has 1 saturated carbocycles. The molecule has 4 fully saturated rings. The Morgan fingerprint density at radius 2 is 1.77 bits per heavy atom. The quantitative estimate of drug-likeness (QED) is 0.756. The standard InChI is InChI=1S/C20H36N2/c1-19(2)11-17-12-20(3,14-19)15-22(17)13-16-7-6-10-21-9-5-4-8-18(16)21/h16-18H,4-15H2,1-3H3/t16-,17-,18+,20-/m0/s1. The van der Waals surface area contributed by atoms with E-state index in [4.69, 9.17) is 0 Å². The molecule has 3 aliphatic heterocycles. The van der Waals surface area contributed by atoms with E-state index < -0.39 is 0 Å². The van der Waals surface area contributed by atoms with Gasteiger partial charge in [-0.2, -0.15) is 0 Å². The summed E-state index contributed by atoms with van der Waals surface area (Å²) in [6, 6.07) is 1.80. The maximum atomic E-state index is 2.93. The van der Waals surface area contributed by atoms with Crippen molar-refractivity contribution in [2.24, 2.45) is 16.7 Å². The SMILES string of the molecule is CC1(C)C[C@H]2C[C@](C)(CN2C[C@@H]2CCCN3CCCC[C@H]23)C1. The Hall–Kier alpha value is -0.0800. The van der Waals surface area contributed by atoms with Crippen molar-refractivity contribution in [1.82, 2.24) is 9.80 Å². The second-order valence-corrected chi connectivity index (χ2v) is 10.1. The fraction of sp³-hybridized carbons (Fsp3) is 1.00. The first-order valence-electron chi connectivity index (χ1n) is 9.92. The normalized spacial score (nSPS) is 45.7. The van der Waals surface area contributed by atoms with Gasteiger partial charge in [0.25, 0.3) is 0 Å². The van der Waals surface area contributed by atoms with Gasteiger partial charge in [-0.25, -0.2) is 0 Å². The fourth-order valence-corrected chi connectivity index (χ4v) is 6.88. The van der Waals surface area contributed by atoms with Gasteiger partial charge in [0.2, 0.25) is 0 Å². The van der Waals surface area contributed by atoms with Crippen LogP contribution in [0.2, 0.25) is 0 Å². The van der Waals surface area contributed by atoms with Crippen molar-refractivity contribution in [3.63, 3.8) is 0 Å². The molecule has 4 rings (SSSR count). The number of nitrogens with zero attached hydrogens (tertiary/aromatic N) is 2. The predicted octanol–water partition coefficient (Wildman–Crippen LogP) is 4.15. The molecule has 2 nitrogen and oxygen atoms in total. The molecule has 0 N–H and O–H groups in total. The Kier molecular flexibility index (Phi) is 3.85. The third kappa shape index (κ3) is 2.86. The summed E-state index contributed by atoms with van der Waals surface area (Å²) >= 11 is 0. The number of hydrogen-bond donors (Lipinski definition) is 0. The van der Waals surface area contributed by atoms with Crippen molar-refractivity contribution in [2.45, 2.75) is 84.2 Å². The molecule has 0 aromatic carbocycles. The second kappa shape index (κ2) is 5.48. The molecule has 0 spiro atoms. The summed E-state index contributed by atoms with van der Waals surface area (Å²) < 4.78 is 0. The first-order chi connectivity index (χ1) is 10.4. The number of piperidine rings is 2. The lowest BCUT2D eigenvalue weighted by atomic mass is 9.65. The van der Waals surface area contributed by atoms with E-state index in [9.17, 15) is 0 Å². The number of hydrogen-bond acceptors (Lipinski definition) is 2. The van der Waals surface area contributed by atoms with Crippen molar-refractivity contribution in [1.29, 1.82) is 0 Å². The third-order valence-corrected chi connectivity index (χ3v) is 7.22. The summed E-state index contributed by atoms with van der Waals surface area (Å²) in [6.07, 6.45) is 11.7. The van der Waals surface area contributed by atoms with Crippen LogP contribution < -0.4 is 0 Å². The van der Waals surface area contributed by atoms with E-state index >= 15 is 0 Å². The van der Waals surface area contributed by atoms with Gasteiger partial charge in [-0.1, -0.05) is 27.2 Å². The van der Waals surface area contributed by atoms with Crippen LogP contribution in [0.5, 0.6) is 0 Å². The fourth-order valence-electron chi connectivity index (χ4n) is 6.88. The summed E-state index contributed by atoms with van der Waals surface area (Å²) in [5.74, 6) is 0.958. The molecule has 4 aliphatic rings. The van der Waals surface area contributed by atoms with Gasteiger partial charge in [-0.3, -0.25) is 4.90 Å². The minimum Gasteiger partial charge on any atom is -0.300 e. The maximum absolute atomic E-state index is 2.93. The summed E-state index contributed by atoms with van der Waals surface area (Å²) in [4.78, 5) is 5.77. The van der Waals surface area contributed by atoms with Gasteiger partial charge in [0, 0.05) is 25.2 Å². The van der Waals surface area contributed by atoms with E-state index in [0.29, 0.717) is 10.8 Å². The summed E-state index contributed by atoms with van der Waals surface area (Å²) in [5.41, 5.74) is 1.17. The number of fused-ring (bicyclic) bond motifs is 3. The molecule has 0 amide bonds. The Labute approximate surface area is 137 Å². The van der Waals surface area contributed by atoms with Gasteiger partial charge >= 0.3 is 0 Å². The highest BCUT2D eigenvalue weighted by molar-refractivity contribution is 5.03. The van der Waals surface area contributed by atoms with Crippen LogP contribution in [-0.2, 0) is 0 Å². The molecule has 22 heavy (non-hydrogen) atoms. The van der Waals surface area contributed by atoms with Crippen LogP contribution in [0.4, 0.5) is 0 Å². The van der Waals surface area contributed by atoms with Crippen molar-refractivity contribution >= 4 is 0 Å². The molecule has 3 saturated heterocycles. The van der Waals surface area contributed by atoms with E-state index in [-0.39, 0.29) is 0 Å². The highest BCUT2D eigenvalue weighted by Gasteiger charge is 2.50. The lowest BCUT2D eigenvalue weighted by Crippen LogP contribution is -2.51. The molecule has 3 heterocycles. The van der Waals surface area contributed by atoms with Gasteiger partial charge in [-0.05, 0) is 74.8 Å². The molecule has 4 atom stereocenters. The summed E-state index contributed by atoms with van der Waals surface area (Å²) in [7, 11) is 0. The van der Waals surface area contributed by atoms with Gasteiger partial charge < -0.3 is 4.90 Å². The smallest absolute Gasteiger partial charge is 0.0136 e. The largest absolute Gasteiger partial charge is 0.300 e. The van der Waals surface area contributed by atoms with E-state index in [1.807, 2.05) is 0 Å².